The molecule has 0 saturated heterocycles. The summed E-state index contributed by atoms with van der Waals surface area (Å²) in [6.45, 7) is 7.48. The summed E-state index contributed by atoms with van der Waals surface area (Å²) in [7, 11) is 0. The quantitative estimate of drug-likeness (QED) is 0.569. The Morgan fingerprint density at radius 1 is 0.864 bits per heavy atom. The van der Waals surface area contributed by atoms with Gasteiger partial charge < -0.3 is 0 Å². The normalized spacial score (nSPS) is 11.0. The van der Waals surface area contributed by atoms with Crippen molar-refractivity contribution in [1.29, 1.82) is 0 Å². The van der Waals surface area contributed by atoms with Crippen molar-refractivity contribution in [3.05, 3.63) is 29.8 Å². The molecule has 7 heteroatoms. The van der Waals surface area contributed by atoms with Crippen LogP contribution in [0.25, 0.3) is 0 Å². The van der Waals surface area contributed by atoms with Gasteiger partial charge in [-0.2, -0.15) is 0 Å². The number of carbonyl (C=O) groups excluding carboxylic acids is 3. The molecule has 0 N–H and O–H groups in total. The first-order valence-electron chi connectivity index (χ1n) is 6.86. The molecule has 0 fully saturated rings. The SMILES string of the molecule is CC(=O)[O][Pb]([O]C(C)=O)([O]C(C)=O)[c]1ccccc1C(C)C. The Balaban J connectivity index is 3.55. The van der Waals surface area contributed by atoms with E-state index in [2.05, 4.69) is 0 Å². The Bertz CT molecular complexity index is 540. The third kappa shape index (κ3) is 4.79. The first kappa shape index (κ1) is 18.6. The Kier molecular flexibility index (Phi) is 6.51. The van der Waals surface area contributed by atoms with Gasteiger partial charge in [-0.25, -0.2) is 0 Å². The van der Waals surface area contributed by atoms with Gasteiger partial charge >= 0.3 is 136 Å². The molecule has 0 aromatic heterocycles. The van der Waals surface area contributed by atoms with Crippen LogP contribution in [-0.4, -0.2) is 40.4 Å². The van der Waals surface area contributed by atoms with Gasteiger partial charge in [-0.3, -0.25) is 0 Å². The summed E-state index contributed by atoms with van der Waals surface area (Å²) in [5, 5.41) is 0. The molecule has 0 atom stereocenters. The summed E-state index contributed by atoms with van der Waals surface area (Å²) < 4.78 is 16.5. The van der Waals surface area contributed by atoms with Crippen molar-refractivity contribution in [2.45, 2.75) is 40.5 Å². The van der Waals surface area contributed by atoms with Crippen molar-refractivity contribution < 1.29 is 22.4 Å². The molecule has 1 aromatic rings. The summed E-state index contributed by atoms with van der Waals surface area (Å²) in [6.07, 6.45) is 0. The second-order valence-electron chi connectivity index (χ2n) is 5.08. The molecule has 6 nitrogen and oxygen atoms in total. The zero-order chi connectivity index (χ0) is 16.9. The summed E-state index contributed by atoms with van der Waals surface area (Å²) in [6, 6.07) is 7.08. The molecule has 0 aliphatic rings. The molecule has 1 aromatic carbocycles. The number of rotatable bonds is 5. The van der Waals surface area contributed by atoms with E-state index in [4.69, 9.17) is 8.06 Å². The minimum absolute atomic E-state index is 0.0808. The van der Waals surface area contributed by atoms with Gasteiger partial charge in [0.1, 0.15) is 0 Å². The zero-order valence-electron chi connectivity index (χ0n) is 13.3. The fourth-order valence-electron chi connectivity index (χ4n) is 2.07. The number of carbonyl (C=O) groups is 3. The van der Waals surface area contributed by atoms with Gasteiger partial charge in [0.05, 0.1) is 0 Å². The van der Waals surface area contributed by atoms with E-state index in [1.807, 2.05) is 26.0 Å². The molecule has 0 aliphatic heterocycles. The van der Waals surface area contributed by atoms with Crippen molar-refractivity contribution in [3.63, 3.8) is 0 Å². The maximum absolute atomic E-state index is 11.5. The van der Waals surface area contributed by atoms with E-state index in [9.17, 15) is 14.4 Å². The summed E-state index contributed by atoms with van der Waals surface area (Å²) in [5.74, 6) is -1.87. The Morgan fingerprint density at radius 3 is 1.64 bits per heavy atom. The van der Waals surface area contributed by atoms with Crippen LogP contribution in [0.4, 0.5) is 0 Å². The molecule has 0 amide bonds. The van der Waals surface area contributed by atoms with Crippen molar-refractivity contribution in [2.24, 2.45) is 0 Å². The van der Waals surface area contributed by atoms with Crippen LogP contribution in [0.2, 0.25) is 0 Å². The van der Waals surface area contributed by atoms with Crippen LogP contribution < -0.4 is 3.12 Å². The average molecular weight is 504 g/mol. The Labute approximate surface area is 136 Å². The minimum atomic E-state index is -5.10. The van der Waals surface area contributed by atoms with Gasteiger partial charge in [0, 0.05) is 0 Å². The summed E-state index contributed by atoms with van der Waals surface area (Å²) >= 11 is -5.10. The molecule has 0 bridgehead atoms. The molecular weight excluding hydrogens is 483 g/mol. The standard InChI is InChI=1S/C9H11.3C2H4O2.Pb/c1-8(2)9-6-4-3-5-7-9;3*1-2(3)4;/h3-6,8H,1-2H3;3*1H3,(H,3,4);/q;;;;+3/p-3. The van der Waals surface area contributed by atoms with Crippen LogP contribution in [-0.2, 0) is 22.4 Å². The van der Waals surface area contributed by atoms with Crippen LogP contribution >= 0.6 is 0 Å². The first-order chi connectivity index (χ1) is 10.2. The van der Waals surface area contributed by atoms with Crippen LogP contribution in [0.15, 0.2) is 24.3 Å². The molecule has 0 spiro atoms. The van der Waals surface area contributed by atoms with Crippen molar-refractivity contribution in [3.8, 4) is 0 Å². The molecule has 0 radical (unpaired) electrons. The molecule has 0 unspecified atom stereocenters. The molecule has 22 heavy (non-hydrogen) atoms. The third-order valence-corrected chi connectivity index (χ3v) is 13.6. The van der Waals surface area contributed by atoms with Gasteiger partial charge in [-0.15, -0.1) is 0 Å². The number of hydrogen-bond donors (Lipinski definition) is 0. The second kappa shape index (κ2) is 7.71. The van der Waals surface area contributed by atoms with Crippen LogP contribution in [0.3, 0.4) is 0 Å². The molecule has 0 heterocycles. The maximum atomic E-state index is 11.5. The molecule has 120 valence electrons. The van der Waals surface area contributed by atoms with Crippen molar-refractivity contribution >= 4 is 43.6 Å². The second-order valence-corrected chi connectivity index (χ2v) is 13.9. The van der Waals surface area contributed by atoms with Crippen LogP contribution in [0, 0.1) is 0 Å². The average Bonchev–Trinajstić information content (AvgIpc) is 2.36. The zero-order valence-corrected chi connectivity index (χ0v) is 17.2. The predicted octanol–water partition coefficient (Wildman–Crippen LogP) is 1.65. The van der Waals surface area contributed by atoms with E-state index in [-0.39, 0.29) is 5.92 Å². The topological polar surface area (TPSA) is 78.9 Å². The number of benzene rings is 1. The fraction of sp³-hybridized carbons (Fsp3) is 0.400. The van der Waals surface area contributed by atoms with Gasteiger partial charge in [0.15, 0.2) is 0 Å². The predicted molar refractivity (Wildman–Crippen MR) is 81.2 cm³/mol. The van der Waals surface area contributed by atoms with Crippen LogP contribution in [0.1, 0.15) is 46.1 Å². The van der Waals surface area contributed by atoms with E-state index in [0.29, 0.717) is 3.12 Å². The van der Waals surface area contributed by atoms with E-state index >= 15 is 0 Å². The van der Waals surface area contributed by atoms with E-state index < -0.39 is 40.4 Å². The van der Waals surface area contributed by atoms with Crippen molar-refractivity contribution in [1.82, 2.24) is 0 Å². The first-order valence-corrected chi connectivity index (χ1v) is 13.6. The third-order valence-electron chi connectivity index (χ3n) is 2.75. The molecule has 1 rings (SSSR count). The summed E-state index contributed by atoms with van der Waals surface area (Å²) in [5.41, 5.74) is 0.827. The van der Waals surface area contributed by atoms with Gasteiger partial charge in [0.2, 0.25) is 0 Å². The Morgan fingerprint density at radius 2 is 1.27 bits per heavy atom. The van der Waals surface area contributed by atoms with Gasteiger partial charge in [-0.1, -0.05) is 0 Å². The van der Waals surface area contributed by atoms with E-state index in [1.165, 1.54) is 20.8 Å². The molecule has 0 aliphatic carbocycles. The Hall–Kier alpha value is -1.45. The number of hydrogen-bond acceptors (Lipinski definition) is 6. The molecule has 0 saturated carbocycles. The van der Waals surface area contributed by atoms with Crippen LogP contribution in [0.5, 0.6) is 0 Å². The van der Waals surface area contributed by atoms with Crippen molar-refractivity contribution in [2.75, 3.05) is 0 Å². The molecular formula is C15H20O6Pb. The van der Waals surface area contributed by atoms with Gasteiger partial charge in [0.25, 0.3) is 0 Å². The summed E-state index contributed by atoms with van der Waals surface area (Å²) in [4.78, 5) is 34.6. The monoisotopic (exact) mass is 504 g/mol. The van der Waals surface area contributed by atoms with E-state index in [0.717, 1.165) is 5.56 Å². The van der Waals surface area contributed by atoms with E-state index in [1.54, 1.807) is 12.1 Å². The van der Waals surface area contributed by atoms with Gasteiger partial charge in [-0.05, 0) is 0 Å². The fourth-order valence-corrected chi connectivity index (χ4v) is 12.2.